The number of carbonyl (C=O) groups excluding carboxylic acids is 3. The minimum atomic E-state index is -0.154. The van der Waals surface area contributed by atoms with Gasteiger partial charge in [-0.3, -0.25) is 19.3 Å². The number of fused-ring (bicyclic) bond motifs is 1. The topological polar surface area (TPSA) is 86.7 Å². The summed E-state index contributed by atoms with van der Waals surface area (Å²) >= 11 is 0. The van der Waals surface area contributed by atoms with Gasteiger partial charge < -0.3 is 9.80 Å². The minimum Gasteiger partial charge on any atom is -0.353 e. The van der Waals surface area contributed by atoms with Crippen molar-refractivity contribution >= 4 is 23.5 Å². The van der Waals surface area contributed by atoms with Gasteiger partial charge in [-0.1, -0.05) is 43.2 Å². The highest BCUT2D eigenvalue weighted by Gasteiger charge is 2.47. The Morgan fingerprint density at radius 2 is 1.58 bits per heavy atom. The number of likely N-dealkylation sites (tertiary alicyclic amines) is 1. The lowest BCUT2D eigenvalue weighted by molar-refractivity contribution is -0.140. The quantitative estimate of drug-likeness (QED) is 0.654. The summed E-state index contributed by atoms with van der Waals surface area (Å²) < 4.78 is 0. The summed E-state index contributed by atoms with van der Waals surface area (Å²) in [6, 6.07) is 11.8. The molecule has 172 valence electrons. The van der Waals surface area contributed by atoms with Crippen LogP contribution in [0.25, 0.3) is 11.4 Å². The average Bonchev–Trinajstić information content (AvgIpc) is 3.12. The van der Waals surface area contributed by atoms with E-state index < -0.39 is 0 Å². The Balaban J connectivity index is 1.14. The summed E-state index contributed by atoms with van der Waals surface area (Å²) in [5.74, 6) is 1.09. The molecule has 2 atom stereocenters. The van der Waals surface area contributed by atoms with E-state index in [4.69, 9.17) is 4.98 Å². The van der Waals surface area contributed by atoms with Crippen LogP contribution in [-0.4, -0.2) is 70.2 Å². The first-order valence-electron chi connectivity index (χ1n) is 11.9. The third kappa shape index (κ3) is 4.34. The van der Waals surface area contributed by atoms with Gasteiger partial charge in [-0.05, 0) is 18.9 Å². The van der Waals surface area contributed by atoms with E-state index in [1.165, 1.54) is 4.90 Å². The number of anilines is 1. The van der Waals surface area contributed by atoms with Crippen molar-refractivity contribution in [3.63, 3.8) is 0 Å². The molecule has 1 aromatic heterocycles. The van der Waals surface area contributed by atoms with Crippen LogP contribution in [0.1, 0.15) is 32.1 Å². The van der Waals surface area contributed by atoms with Crippen LogP contribution in [0.4, 0.5) is 5.82 Å². The Kier molecular flexibility index (Phi) is 6.07. The molecule has 3 amide bonds. The molecule has 2 unspecified atom stereocenters. The number of hydrogen-bond donors (Lipinski definition) is 0. The van der Waals surface area contributed by atoms with Gasteiger partial charge >= 0.3 is 0 Å². The lowest BCUT2D eigenvalue weighted by Gasteiger charge is -2.35. The maximum Gasteiger partial charge on any atom is 0.233 e. The molecule has 8 nitrogen and oxygen atoms in total. The van der Waals surface area contributed by atoms with Gasteiger partial charge in [0.2, 0.25) is 17.7 Å². The minimum absolute atomic E-state index is 0.00205. The third-order valence-corrected chi connectivity index (χ3v) is 7.11. The van der Waals surface area contributed by atoms with Crippen LogP contribution in [0.5, 0.6) is 0 Å². The molecular formula is C25H29N5O3. The number of benzene rings is 1. The lowest BCUT2D eigenvalue weighted by atomic mass is 9.81. The van der Waals surface area contributed by atoms with Crippen molar-refractivity contribution in [2.75, 3.05) is 37.6 Å². The first-order valence-corrected chi connectivity index (χ1v) is 11.9. The molecule has 3 fully saturated rings. The lowest BCUT2D eigenvalue weighted by Crippen LogP contribution is -2.49. The van der Waals surface area contributed by atoms with E-state index in [0.717, 1.165) is 37.1 Å². The highest BCUT2D eigenvalue weighted by Crippen LogP contribution is 2.38. The number of rotatable bonds is 5. The normalized spacial score (nSPS) is 23.1. The predicted octanol–water partition coefficient (Wildman–Crippen LogP) is 2.36. The van der Waals surface area contributed by atoms with Crippen molar-refractivity contribution in [1.82, 2.24) is 19.8 Å². The maximum absolute atomic E-state index is 12.8. The molecule has 33 heavy (non-hydrogen) atoms. The fourth-order valence-corrected chi connectivity index (χ4v) is 5.25. The van der Waals surface area contributed by atoms with Gasteiger partial charge in [0.25, 0.3) is 0 Å². The van der Waals surface area contributed by atoms with Gasteiger partial charge in [-0.15, -0.1) is 0 Å². The smallest absolute Gasteiger partial charge is 0.233 e. The van der Waals surface area contributed by atoms with E-state index in [1.807, 2.05) is 41.3 Å². The van der Waals surface area contributed by atoms with Gasteiger partial charge in [0.15, 0.2) is 5.82 Å². The number of carbonyl (C=O) groups is 3. The van der Waals surface area contributed by atoms with E-state index >= 15 is 0 Å². The van der Waals surface area contributed by atoms with E-state index in [1.54, 1.807) is 6.20 Å². The monoisotopic (exact) mass is 447 g/mol. The number of nitrogens with zero attached hydrogens (tertiary/aromatic N) is 5. The highest BCUT2D eigenvalue weighted by atomic mass is 16.2. The van der Waals surface area contributed by atoms with Crippen molar-refractivity contribution in [2.45, 2.75) is 32.1 Å². The Labute approximate surface area is 193 Å². The van der Waals surface area contributed by atoms with Crippen LogP contribution in [0, 0.1) is 11.8 Å². The van der Waals surface area contributed by atoms with Crippen LogP contribution in [0.15, 0.2) is 42.6 Å². The van der Waals surface area contributed by atoms with Crippen molar-refractivity contribution < 1.29 is 14.4 Å². The molecule has 1 aromatic carbocycles. The predicted molar refractivity (Wildman–Crippen MR) is 123 cm³/mol. The maximum atomic E-state index is 12.8. The van der Waals surface area contributed by atoms with Gasteiger partial charge in [0.1, 0.15) is 5.82 Å². The van der Waals surface area contributed by atoms with Crippen LogP contribution in [0.3, 0.4) is 0 Å². The standard InChI is InChI=1S/C25H29N5O3/c31-22(11-13-30-24(32)19-8-4-5-9-20(19)25(30)33)29-16-14-28(15-17-29)21-10-12-26-23(27-21)18-6-2-1-3-7-18/h1-3,6-7,10,12,19-20H,4-5,8-9,11,13-17H2. The zero-order valence-corrected chi connectivity index (χ0v) is 18.7. The molecule has 0 N–H and O–H groups in total. The molecule has 2 aromatic rings. The Hall–Kier alpha value is -3.29. The third-order valence-electron chi connectivity index (χ3n) is 7.11. The van der Waals surface area contributed by atoms with E-state index in [0.29, 0.717) is 32.0 Å². The van der Waals surface area contributed by atoms with E-state index in [2.05, 4.69) is 9.88 Å². The summed E-state index contributed by atoms with van der Waals surface area (Å²) in [7, 11) is 0. The second-order valence-corrected chi connectivity index (χ2v) is 9.05. The summed E-state index contributed by atoms with van der Waals surface area (Å²) in [5.41, 5.74) is 0.971. The van der Waals surface area contributed by atoms with Crippen molar-refractivity contribution in [3.8, 4) is 11.4 Å². The van der Waals surface area contributed by atoms with Crippen molar-refractivity contribution in [2.24, 2.45) is 11.8 Å². The van der Waals surface area contributed by atoms with Crippen LogP contribution >= 0.6 is 0 Å². The Morgan fingerprint density at radius 1 is 0.909 bits per heavy atom. The van der Waals surface area contributed by atoms with Crippen molar-refractivity contribution in [3.05, 3.63) is 42.6 Å². The zero-order valence-electron chi connectivity index (χ0n) is 18.7. The Bertz CT molecular complexity index is 1010. The first-order chi connectivity index (χ1) is 16.1. The summed E-state index contributed by atoms with van der Waals surface area (Å²) in [5, 5.41) is 0. The van der Waals surface area contributed by atoms with Crippen molar-refractivity contribution in [1.29, 1.82) is 0 Å². The number of imide groups is 1. The SMILES string of the molecule is O=C(CCN1C(=O)C2CCCCC2C1=O)N1CCN(c2ccnc(-c3ccccc3)n2)CC1. The number of hydrogen-bond acceptors (Lipinski definition) is 6. The van der Waals surface area contributed by atoms with Gasteiger partial charge in [0.05, 0.1) is 11.8 Å². The molecule has 0 radical (unpaired) electrons. The fraction of sp³-hybridized carbons (Fsp3) is 0.480. The molecule has 0 spiro atoms. The number of amides is 3. The van der Waals surface area contributed by atoms with E-state index in [-0.39, 0.29) is 42.5 Å². The molecule has 8 heteroatoms. The van der Waals surface area contributed by atoms with Crippen LogP contribution in [0.2, 0.25) is 0 Å². The summed E-state index contributed by atoms with van der Waals surface area (Å²) in [4.78, 5) is 52.5. The van der Waals surface area contributed by atoms with Gasteiger partial charge in [-0.2, -0.15) is 0 Å². The molecule has 1 aliphatic carbocycles. The van der Waals surface area contributed by atoms with E-state index in [9.17, 15) is 14.4 Å². The van der Waals surface area contributed by atoms with Gasteiger partial charge in [0, 0.05) is 50.9 Å². The fourth-order valence-electron chi connectivity index (χ4n) is 5.25. The Morgan fingerprint density at radius 3 is 2.24 bits per heavy atom. The molecule has 0 bridgehead atoms. The first kappa shape index (κ1) is 21.6. The average molecular weight is 448 g/mol. The largest absolute Gasteiger partial charge is 0.353 e. The van der Waals surface area contributed by atoms with Crippen LogP contribution < -0.4 is 4.90 Å². The second-order valence-electron chi connectivity index (χ2n) is 9.05. The highest BCUT2D eigenvalue weighted by molar-refractivity contribution is 6.05. The number of piperazine rings is 1. The number of aromatic nitrogens is 2. The molecular weight excluding hydrogens is 418 g/mol. The second kappa shape index (κ2) is 9.29. The molecule has 3 heterocycles. The molecule has 2 saturated heterocycles. The molecule has 3 aliphatic rings. The van der Waals surface area contributed by atoms with Crippen LogP contribution in [-0.2, 0) is 14.4 Å². The summed E-state index contributed by atoms with van der Waals surface area (Å²) in [6.07, 6.45) is 5.59. The molecule has 5 rings (SSSR count). The molecule has 1 saturated carbocycles. The zero-order chi connectivity index (χ0) is 22.8. The molecule has 2 aliphatic heterocycles. The summed E-state index contributed by atoms with van der Waals surface area (Å²) in [6.45, 7) is 2.76. The van der Waals surface area contributed by atoms with Gasteiger partial charge in [-0.25, -0.2) is 9.97 Å².